The normalized spacial score (nSPS) is 10.2. The van der Waals surface area contributed by atoms with Crippen molar-refractivity contribution in [1.29, 1.82) is 0 Å². The van der Waals surface area contributed by atoms with Crippen LogP contribution in [0.3, 0.4) is 0 Å². The summed E-state index contributed by atoms with van der Waals surface area (Å²) in [5, 5.41) is 0. The van der Waals surface area contributed by atoms with Crippen LogP contribution in [0.2, 0.25) is 0 Å². The molecule has 0 aliphatic carbocycles. The highest BCUT2D eigenvalue weighted by Crippen LogP contribution is 2.28. The highest BCUT2D eigenvalue weighted by Gasteiger charge is 2.15. The predicted octanol–water partition coefficient (Wildman–Crippen LogP) is 2.02. The minimum atomic E-state index is -0.592. The van der Waals surface area contributed by atoms with Gasteiger partial charge in [-0.25, -0.2) is 0 Å². The van der Waals surface area contributed by atoms with Gasteiger partial charge in [-0.2, -0.15) is 0 Å². The van der Waals surface area contributed by atoms with Crippen LogP contribution in [0.25, 0.3) is 0 Å². The summed E-state index contributed by atoms with van der Waals surface area (Å²) in [6.45, 7) is 2.51. The van der Waals surface area contributed by atoms with Crippen LogP contribution in [0, 0.1) is 6.92 Å². The molecule has 7 heteroatoms. The van der Waals surface area contributed by atoms with Gasteiger partial charge in [-0.1, -0.05) is 18.2 Å². The first kappa shape index (κ1) is 20.1. The third kappa shape index (κ3) is 5.64. The third-order valence-corrected chi connectivity index (χ3v) is 3.91. The Hall–Kier alpha value is -3.22. The number of primary amides is 1. The first-order chi connectivity index (χ1) is 12.9. The molecule has 0 unspecified atom stereocenters. The summed E-state index contributed by atoms with van der Waals surface area (Å²) in [5.41, 5.74) is 6.56. The Morgan fingerprint density at radius 1 is 1.04 bits per heavy atom. The Labute approximate surface area is 158 Å². The lowest BCUT2D eigenvalue weighted by atomic mass is 10.1. The quantitative estimate of drug-likeness (QED) is 0.727. The van der Waals surface area contributed by atoms with E-state index < -0.39 is 5.91 Å². The number of rotatable bonds is 9. The van der Waals surface area contributed by atoms with E-state index in [0.717, 1.165) is 11.3 Å². The maximum absolute atomic E-state index is 12.6. The number of likely N-dealkylation sites (N-methyl/N-ethyl adjacent to an activating group) is 1. The fraction of sp³-hybridized carbons (Fsp3) is 0.300. The third-order valence-electron chi connectivity index (χ3n) is 3.91. The fourth-order valence-electron chi connectivity index (χ4n) is 2.40. The Morgan fingerprint density at radius 2 is 1.78 bits per heavy atom. The highest BCUT2D eigenvalue weighted by atomic mass is 16.5. The van der Waals surface area contributed by atoms with E-state index in [0.29, 0.717) is 30.2 Å². The van der Waals surface area contributed by atoms with Gasteiger partial charge in [0, 0.05) is 12.6 Å². The molecule has 27 heavy (non-hydrogen) atoms. The van der Waals surface area contributed by atoms with Crippen molar-refractivity contribution in [2.24, 2.45) is 5.73 Å². The molecule has 2 amide bonds. The summed E-state index contributed by atoms with van der Waals surface area (Å²) >= 11 is 0. The van der Waals surface area contributed by atoms with Gasteiger partial charge < -0.3 is 24.8 Å². The summed E-state index contributed by atoms with van der Waals surface area (Å²) in [6.07, 6.45) is 0. The number of ether oxygens (including phenoxy) is 3. The molecule has 0 aliphatic rings. The number of methoxy groups -OCH3 is 1. The molecule has 0 radical (unpaired) electrons. The average Bonchev–Trinajstić information content (AvgIpc) is 2.66. The van der Waals surface area contributed by atoms with E-state index in [-0.39, 0.29) is 12.5 Å². The number of nitrogens with zero attached hydrogens (tertiary/aromatic N) is 1. The van der Waals surface area contributed by atoms with E-state index >= 15 is 0 Å². The zero-order chi connectivity index (χ0) is 19.8. The maximum atomic E-state index is 12.6. The standard InChI is InChI=1S/C20H24N2O5/c1-14-6-4-5-7-16(14)26-11-10-22(2)20(24)15-8-9-17(18(12-15)25-3)27-13-19(21)23/h4-9,12H,10-11,13H2,1-3H3,(H2,21,23). The van der Waals surface area contributed by atoms with Gasteiger partial charge in [-0.05, 0) is 36.8 Å². The van der Waals surface area contributed by atoms with E-state index in [1.807, 2.05) is 31.2 Å². The lowest BCUT2D eigenvalue weighted by molar-refractivity contribution is -0.119. The van der Waals surface area contributed by atoms with Gasteiger partial charge >= 0.3 is 0 Å². The van der Waals surface area contributed by atoms with Crippen LogP contribution < -0.4 is 19.9 Å². The molecule has 0 saturated carbocycles. The monoisotopic (exact) mass is 372 g/mol. The molecule has 144 valence electrons. The van der Waals surface area contributed by atoms with Gasteiger partial charge in [0.2, 0.25) is 0 Å². The van der Waals surface area contributed by atoms with Crippen molar-refractivity contribution in [3.05, 3.63) is 53.6 Å². The van der Waals surface area contributed by atoms with E-state index in [4.69, 9.17) is 19.9 Å². The molecule has 0 spiro atoms. The average molecular weight is 372 g/mol. The van der Waals surface area contributed by atoms with Crippen LogP contribution in [0.1, 0.15) is 15.9 Å². The number of nitrogens with two attached hydrogens (primary N) is 1. The second-order valence-electron chi connectivity index (χ2n) is 5.96. The van der Waals surface area contributed by atoms with Crippen LogP contribution in [-0.2, 0) is 4.79 Å². The first-order valence-electron chi connectivity index (χ1n) is 8.45. The van der Waals surface area contributed by atoms with Crippen molar-refractivity contribution in [2.75, 3.05) is 33.9 Å². The lowest BCUT2D eigenvalue weighted by Gasteiger charge is -2.19. The first-order valence-corrected chi connectivity index (χ1v) is 8.45. The molecule has 2 aromatic carbocycles. The second-order valence-corrected chi connectivity index (χ2v) is 5.96. The van der Waals surface area contributed by atoms with Crippen molar-refractivity contribution in [2.45, 2.75) is 6.92 Å². The second kappa shape index (κ2) is 9.47. The molecule has 7 nitrogen and oxygen atoms in total. The summed E-state index contributed by atoms with van der Waals surface area (Å²) in [6, 6.07) is 12.5. The molecule has 2 aromatic rings. The molecule has 0 aliphatic heterocycles. The van der Waals surface area contributed by atoms with Crippen LogP contribution in [0.4, 0.5) is 0 Å². The summed E-state index contributed by atoms with van der Waals surface area (Å²) in [7, 11) is 3.16. The van der Waals surface area contributed by atoms with Crippen LogP contribution in [-0.4, -0.2) is 50.6 Å². The Balaban J connectivity index is 1.97. The van der Waals surface area contributed by atoms with Crippen LogP contribution >= 0.6 is 0 Å². The topological polar surface area (TPSA) is 91.1 Å². The molecule has 0 fully saturated rings. The molecular formula is C20H24N2O5. The maximum Gasteiger partial charge on any atom is 0.255 e. The SMILES string of the molecule is COc1cc(C(=O)N(C)CCOc2ccccc2C)ccc1OCC(N)=O. The molecule has 0 saturated heterocycles. The summed E-state index contributed by atoms with van der Waals surface area (Å²) in [4.78, 5) is 25.0. The van der Waals surface area contributed by atoms with Crippen molar-refractivity contribution in [3.8, 4) is 17.2 Å². The number of carbonyl (C=O) groups is 2. The Bertz CT molecular complexity index is 807. The number of carbonyl (C=O) groups excluding carboxylic acids is 2. The molecule has 2 N–H and O–H groups in total. The number of amides is 2. The minimum Gasteiger partial charge on any atom is -0.493 e. The molecule has 0 atom stereocenters. The molecule has 0 bridgehead atoms. The lowest BCUT2D eigenvalue weighted by Crippen LogP contribution is -2.31. The zero-order valence-electron chi connectivity index (χ0n) is 15.7. The van der Waals surface area contributed by atoms with Crippen molar-refractivity contribution >= 4 is 11.8 Å². The van der Waals surface area contributed by atoms with Crippen LogP contribution in [0.5, 0.6) is 17.2 Å². The van der Waals surface area contributed by atoms with E-state index in [1.54, 1.807) is 30.1 Å². The van der Waals surface area contributed by atoms with Gasteiger partial charge in [0.1, 0.15) is 12.4 Å². The molecule has 0 heterocycles. The smallest absolute Gasteiger partial charge is 0.255 e. The van der Waals surface area contributed by atoms with Gasteiger partial charge in [0.25, 0.3) is 11.8 Å². The molecule has 0 aromatic heterocycles. The minimum absolute atomic E-state index is 0.178. The summed E-state index contributed by atoms with van der Waals surface area (Å²) < 4.78 is 16.2. The number of hydrogen-bond acceptors (Lipinski definition) is 5. The van der Waals surface area contributed by atoms with Gasteiger partial charge in [0.05, 0.1) is 13.7 Å². The molecule has 2 rings (SSSR count). The van der Waals surface area contributed by atoms with E-state index in [9.17, 15) is 9.59 Å². The van der Waals surface area contributed by atoms with Gasteiger partial charge in [0.15, 0.2) is 18.1 Å². The molecular weight excluding hydrogens is 348 g/mol. The zero-order valence-corrected chi connectivity index (χ0v) is 15.7. The van der Waals surface area contributed by atoms with E-state index in [2.05, 4.69) is 0 Å². The number of para-hydroxylation sites is 1. The Morgan fingerprint density at radius 3 is 2.44 bits per heavy atom. The van der Waals surface area contributed by atoms with Gasteiger partial charge in [-0.15, -0.1) is 0 Å². The largest absolute Gasteiger partial charge is 0.493 e. The van der Waals surface area contributed by atoms with Crippen LogP contribution in [0.15, 0.2) is 42.5 Å². The number of hydrogen-bond donors (Lipinski definition) is 1. The highest BCUT2D eigenvalue weighted by molar-refractivity contribution is 5.94. The number of aryl methyl sites for hydroxylation is 1. The predicted molar refractivity (Wildman–Crippen MR) is 101 cm³/mol. The fourth-order valence-corrected chi connectivity index (χ4v) is 2.40. The summed E-state index contributed by atoms with van der Waals surface area (Å²) in [5.74, 6) is 0.731. The van der Waals surface area contributed by atoms with Gasteiger partial charge in [-0.3, -0.25) is 9.59 Å². The van der Waals surface area contributed by atoms with Crippen molar-refractivity contribution < 1.29 is 23.8 Å². The van der Waals surface area contributed by atoms with Crippen molar-refractivity contribution in [1.82, 2.24) is 4.90 Å². The van der Waals surface area contributed by atoms with Crippen molar-refractivity contribution in [3.63, 3.8) is 0 Å². The Kier molecular flexibility index (Phi) is 7.05. The van der Waals surface area contributed by atoms with E-state index in [1.165, 1.54) is 7.11 Å². The number of benzene rings is 2.